The van der Waals surface area contributed by atoms with Crippen LogP contribution in [0, 0.1) is 0 Å². The summed E-state index contributed by atoms with van der Waals surface area (Å²) in [6.07, 6.45) is 1.57. The summed E-state index contributed by atoms with van der Waals surface area (Å²) in [6, 6.07) is 19.7. The van der Waals surface area contributed by atoms with Crippen molar-refractivity contribution in [2.75, 3.05) is 13.1 Å². The Hall–Kier alpha value is -3.39. The van der Waals surface area contributed by atoms with Gasteiger partial charge in [-0.15, -0.1) is 11.3 Å². The molecule has 1 heterocycles. The van der Waals surface area contributed by atoms with Gasteiger partial charge in [0.1, 0.15) is 11.7 Å². The molecule has 1 atom stereocenters. The molecular weight excluding hydrogens is 462 g/mol. The highest BCUT2D eigenvalue weighted by Gasteiger charge is 2.23. The van der Waals surface area contributed by atoms with E-state index in [0.29, 0.717) is 32.5 Å². The monoisotopic (exact) mass is 495 g/mol. The first-order valence-electron chi connectivity index (χ1n) is 11.7. The van der Waals surface area contributed by atoms with Crippen molar-refractivity contribution in [1.29, 1.82) is 0 Å². The fourth-order valence-corrected chi connectivity index (χ4v) is 4.06. The lowest BCUT2D eigenvalue weighted by Crippen LogP contribution is -2.38. The fraction of sp³-hybridized carbons (Fsp3) is 0.370. The molecule has 1 aromatic heterocycles. The minimum atomic E-state index is -0.585. The summed E-state index contributed by atoms with van der Waals surface area (Å²) >= 11 is 1.46. The molecule has 0 aliphatic carbocycles. The standard InChI is InChI=1S/C27H33N3O4S/c1-27(2,3)34-26(32)30(19-22-13-8-5-9-14-22)16-10-15-29-25(31)33-23(24-18-28-20-35-24)17-21-11-6-4-7-12-21/h4-9,11-14,18,20,23H,10,15-17,19H2,1-3H3,(H,29,31). The van der Waals surface area contributed by atoms with Crippen LogP contribution in [0.5, 0.6) is 0 Å². The van der Waals surface area contributed by atoms with E-state index in [2.05, 4.69) is 10.3 Å². The minimum absolute atomic E-state index is 0.369. The molecule has 0 radical (unpaired) electrons. The number of amides is 2. The van der Waals surface area contributed by atoms with Crippen molar-refractivity contribution in [2.45, 2.75) is 51.9 Å². The summed E-state index contributed by atoms with van der Waals surface area (Å²) in [7, 11) is 0. The van der Waals surface area contributed by atoms with E-state index in [0.717, 1.165) is 16.0 Å². The zero-order valence-electron chi connectivity index (χ0n) is 20.5. The molecule has 0 spiro atoms. The lowest BCUT2D eigenvalue weighted by molar-refractivity contribution is 0.0232. The van der Waals surface area contributed by atoms with Crippen molar-refractivity contribution < 1.29 is 19.1 Å². The zero-order chi connectivity index (χ0) is 25.1. The third kappa shape index (κ3) is 9.41. The number of benzene rings is 2. The average molecular weight is 496 g/mol. The SMILES string of the molecule is CC(C)(C)OC(=O)N(CCCNC(=O)OC(Cc1ccccc1)c1cncs1)Cc1ccccc1. The molecule has 0 fully saturated rings. The van der Waals surface area contributed by atoms with Gasteiger partial charge in [-0.2, -0.15) is 0 Å². The van der Waals surface area contributed by atoms with Gasteiger partial charge in [0.2, 0.25) is 0 Å². The minimum Gasteiger partial charge on any atom is -0.444 e. The van der Waals surface area contributed by atoms with Gasteiger partial charge in [-0.25, -0.2) is 9.59 Å². The second kappa shape index (κ2) is 12.9. The molecule has 8 heteroatoms. The van der Waals surface area contributed by atoms with E-state index in [1.807, 2.05) is 81.4 Å². The van der Waals surface area contributed by atoms with E-state index < -0.39 is 17.8 Å². The lowest BCUT2D eigenvalue weighted by atomic mass is 10.1. The molecule has 3 aromatic rings. The predicted molar refractivity (Wildman–Crippen MR) is 137 cm³/mol. The second-order valence-corrected chi connectivity index (χ2v) is 10.1. The van der Waals surface area contributed by atoms with Gasteiger partial charge in [-0.05, 0) is 38.3 Å². The molecule has 186 valence electrons. The van der Waals surface area contributed by atoms with E-state index in [1.54, 1.807) is 16.6 Å². The molecular formula is C27H33N3O4S. The first-order valence-corrected chi connectivity index (χ1v) is 12.6. The summed E-state index contributed by atoms with van der Waals surface area (Å²) in [5.74, 6) is 0. The molecule has 2 aromatic carbocycles. The topological polar surface area (TPSA) is 80.8 Å². The summed E-state index contributed by atoms with van der Waals surface area (Å²) in [5.41, 5.74) is 3.23. The Morgan fingerprint density at radius 1 is 1.03 bits per heavy atom. The Morgan fingerprint density at radius 2 is 1.69 bits per heavy atom. The van der Waals surface area contributed by atoms with Crippen LogP contribution in [-0.2, 0) is 22.4 Å². The van der Waals surface area contributed by atoms with Gasteiger partial charge in [-0.1, -0.05) is 60.7 Å². The highest BCUT2D eigenvalue weighted by atomic mass is 32.1. The molecule has 1 N–H and O–H groups in total. The van der Waals surface area contributed by atoms with Crippen LogP contribution in [0.2, 0.25) is 0 Å². The smallest absolute Gasteiger partial charge is 0.410 e. The summed E-state index contributed by atoms with van der Waals surface area (Å²) in [4.78, 5) is 31.9. The normalized spacial score (nSPS) is 12.0. The molecule has 0 bridgehead atoms. The number of carbonyl (C=O) groups excluding carboxylic acids is 2. The number of hydrogen-bond donors (Lipinski definition) is 1. The Morgan fingerprint density at radius 3 is 2.29 bits per heavy atom. The van der Waals surface area contributed by atoms with E-state index in [1.165, 1.54) is 11.3 Å². The van der Waals surface area contributed by atoms with Crippen molar-refractivity contribution in [2.24, 2.45) is 0 Å². The van der Waals surface area contributed by atoms with Crippen molar-refractivity contribution in [3.8, 4) is 0 Å². The number of hydrogen-bond acceptors (Lipinski definition) is 6. The van der Waals surface area contributed by atoms with Crippen molar-refractivity contribution >= 4 is 23.5 Å². The van der Waals surface area contributed by atoms with E-state index in [4.69, 9.17) is 9.47 Å². The quantitative estimate of drug-likeness (QED) is 0.350. The lowest BCUT2D eigenvalue weighted by Gasteiger charge is -2.27. The van der Waals surface area contributed by atoms with Gasteiger partial charge in [0.15, 0.2) is 0 Å². The summed E-state index contributed by atoms with van der Waals surface area (Å²) in [5, 5.41) is 2.81. The largest absolute Gasteiger partial charge is 0.444 e. The molecule has 2 amide bonds. The first-order chi connectivity index (χ1) is 16.8. The Bertz CT molecular complexity index is 1040. The summed E-state index contributed by atoms with van der Waals surface area (Å²) in [6.45, 7) is 6.78. The number of nitrogens with one attached hydrogen (secondary N) is 1. The molecule has 3 rings (SSSR count). The van der Waals surface area contributed by atoms with Crippen LogP contribution < -0.4 is 5.32 Å². The van der Waals surface area contributed by atoms with E-state index >= 15 is 0 Å². The Labute approximate surface area is 211 Å². The maximum atomic E-state index is 12.7. The number of aromatic nitrogens is 1. The van der Waals surface area contributed by atoms with Gasteiger partial charge < -0.3 is 19.7 Å². The van der Waals surface area contributed by atoms with Crippen molar-refractivity contribution in [3.05, 3.63) is 88.4 Å². The number of ether oxygens (including phenoxy) is 2. The second-order valence-electron chi connectivity index (χ2n) is 9.16. The molecule has 0 aliphatic heterocycles. The highest BCUT2D eigenvalue weighted by Crippen LogP contribution is 2.25. The van der Waals surface area contributed by atoms with Gasteiger partial charge in [-0.3, -0.25) is 4.98 Å². The third-order valence-corrected chi connectivity index (χ3v) is 5.89. The van der Waals surface area contributed by atoms with Crippen molar-refractivity contribution in [1.82, 2.24) is 15.2 Å². The molecule has 0 saturated carbocycles. The third-order valence-electron chi connectivity index (χ3n) is 5.02. The number of nitrogens with zero attached hydrogens (tertiary/aromatic N) is 2. The summed E-state index contributed by atoms with van der Waals surface area (Å²) < 4.78 is 11.3. The molecule has 0 saturated heterocycles. The van der Waals surface area contributed by atoms with E-state index in [9.17, 15) is 9.59 Å². The predicted octanol–water partition coefficient (Wildman–Crippen LogP) is 5.98. The van der Waals surface area contributed by atoms with Crippen molar-refractivity contribution in [3.63, 3.8) is 0 Å². The van der Waals surface area contributed by atoms with Crippen LogP contribution in [-0.4, -0.2) is 40.8 Å². The van der Waals surface area contributed by atoms with Crippen LogP contribution >= 0.6 is 11.3 Å². The van der Waals surface area contributed by atoms with Gasteiger partial charge in [0, 0.05) is 32.3 Å². The van der Waals surface area contributed by atoms with Crippen LogP contribution in [0.15, 0.2) is 72.4 Å². The van der Waals surface area contributed by atoms with Gasteiger partial charge >= 0.3 is 12.2 Å². The highest BCUT2D eigenvalue weighted by molar-refractivity contribution is 7.09. The maximum Gasteiger partial charge on any atom is 0.410 e. The van der Waals surface area contributed by atoms with Gasteiger partial charge in [0.25, 0.3) is 0 Å². The molecule has 35 heavy (non-hydrogen) atoms. The number of rotatable bonds is 10. The molecule has 0 aliphatic rings. The van der Waals surface area contributed by atoms with E-state index in [-0.39, 0.29) is 6.09 Å². The van der Waals surface area contributed by atoms with Crippen LogP contribution in [0.25, 0.3) is 0 Å². The van der Waals surface area contributed by atoms with Crippen LogP contribution in [0.4, 0.5) is 9.59 Å². The Balaban J connectivity index is 1.52. The number of carbonyl (C=O) groups is 2. The van der Waals surface area contributed by atoms with Crippen LogP contribution in [0.3, 0.4) is 0 Å². The van der Waals surface area contributed by atoms with Gasteiger partial charge in [0.05, 0.1) is 10.4 Å². The number of thiazole rings is 1. The molecule has 7 nitrogen and oxygen atoms in total. The zero-order valence-corrected chi connectivity index (χ0v) is 21.3. The van der Waals surface area contributed by atoms with Crippen LogP contribution in [0.1, 0.15) is 49.3 Å². The maximum absolute atomic E-state index is 12.7. The molecule has 1 unspecified atom stereocenters. The Kier molecular flexibility index (Phi) is 9.66. The first kappa shape index (κ1) is 26.2. The fourth-order valence-electron chi connectivity index (χ4n) is 3.41. The average Bonchev–Trinajstić information content (AvgIpc) is 3.36. The number of alkyl carbamates (subject to hydrolysis) is 1.